The molecule has 0 aliphatic heterocycles. The van der Waals surface area contributed by atoms with E-state index in [9.17, 15) is 0 Å². The van der Waals surface area contributed by atoms with E-state index in [-0.39, 0.29) is 0 Å². The number of aromatic nitrogens is 4. The molecule has 0 amide bonds. The van der Waals surface area contributed by atoms with Gasteiger partial charge in [-0.1, -0.05) is 59.3 Å². The summed E-state index contributed by atoms with van der Waals surface area (Å²) in [5, 5.41) is 10.3. The van der Waals surface area contributed by atoms with Gasteiger partial charge in [-0.3, -0.25) is 4.57 Å². The van der Waals surface area contributed by atoms with Gasteiger partial charge in [-0.05, 0) is 42.8 Å². The lowest BCUT2D eigenvalue weighted by Gasteiger charge is -2.12. The molecule has 0 fully saturated rings. The van der Waals surface area contributed by atoms with Crippen LogP contribution in [0.3, 0.4) is 0 Å². The normalized spacial score (nSPS) is 10.9. The molecule has 0 saturated carbocycles. The van der Waals surface area contributed by atoms with E-state index >= 15 is 0 Å². The number of halogens is 1. The van der Waals surface area contributed by atoms with Crippen LogP contribution in [0.2, 0.25) is 5.15 Å². The average Bonchev–Trinajstić information content (AvgIpc) is 3.17. The lowest BCUT2D eigenvalue weighted by molar-refractivity contribution is 0.416. The van der Waals surface area contributed by atoms with Gasteiger partial charge in [0.2, 0.25) is 0 Å². The van der Waals surface area contributed by atoms with Crippen LogP contribution in [0.5, 0.6) is 5.75 Å². The first kappa shape index (κ1) is 19.5. The molecule has 0 saturated heterocycles. The van der Waals surface area contributed by atoms with Gasteiger partial charge in [0.15, 0.2) is 11.0 Å². The van der Waals surface area contributed by atoms with Gasteiger partial charge in [-0.15, -0.1) is 10.2 Å². The molecular formula is C22H19ClN4OS. The highest BCUT2D eigenvalue weighted by Crippen LogP contribution is 2.34. The Morgan fingerprint density at radius 2 is 1.79 bits per heavy atom. The number of hydrogen-bond acceptors (Lipinski definition) is 5. The predicted molar refractivity (Wildman–Crippen MR) is 117 cm³/mol. The molecule has 0 unspecified atom stereocenters. The largest absolute Gasteiger partial charge is 0.496 e. The highest BCUT2D eigenvalue weighted by molar-refractivity contribution is 7.98. The first-order valence-corrected chi connectivity index (χ1v) is 10.4. The van der Waals surface area contributed by atoms with Crippen LogP contribution in [0.4, 0.5) is 0 Å². The number of ether oxygens (including phenoxy) is 1. The molecule has 2 heterocycles. The Morgan fingerprint density at radius 3 is 2.52 bits per heavy atom. The Morgan fingerprint density at radius 1 is 1.00 bits per heavy atom. The topological polar surface area (TPSA) is 52.8 Å². The van der Waals surface area contributed by atoms with Crippen molar-refractivity contribution in [3.63, 3.8) is 0 Å². The summed E-state index contributed by atoms with van der Waals surface area (Å²) in [4.78, 5) is 4.15. The van der Waals surface area contributed by atoms with Crippen LogP contribution in [0.1, 0.15) is 11.1 Å². The van der Waals surface area contributed by atoms with Crippen LogP contribution in [0.25, 0.3) is 17.1 Å². The van der Waals surface area contributed by atoms with E-state index in [1.54, 1.807) is 31.1 Å². The van der Waals surface area contributed by atoms with Crippen molar-refractivity contribution < 1.29 is 4.74 Å². The van der Waals surface area contributed by atoms with Gasteiger partial charge in [0, 0.05) is 17.6 Å². The smallest absolute Gasteiger partial charge is 0.196 e. The van der Waals surface area contributed by atoms with Crippen LogP contribution in [-0.4, -0.2) is 26.9 Å². The van der Waals surface area contributed by atoms with Crippen molar-refractivity contribution in [3.05, 3.63) is 83.1 Å². The molecule has 4 rings (SSSR count). The Kier molecular flexibility index (Phi) is 5.83. The molecular weight excluding hydrogens is 404 g/mol. The minimum absolute atomic E-state index is 0.486. The quantitative estimate of drug-likeness (QED) is 0.299. The zero-order chi connectivity index (χ0) is 20.2. The second kappa shape index (κ2) is 8.68. The molecule has 7 heteroatoms. The van der Waals surface area contributed by atoms with Crippen molar-refractivity contribution in [2.45, 2.75) is 17.8 Å². The molecule has 146 valence electrons. The van der Waals surface area contributed by atoms with Gasteiger partial charge >= 0.3 is 0 Å². The molecule has 4 aromatic rings. The minimum Gasteiger partial charge on any atom is -0.496 e. The van der Waals surface area contributed by atoms with Crippen LogP contribution < -0.4 is 4.74 Å². The number of hydrogen-bond donors (Lipinski definition) is 0. The van der Waals surface area contributed by atoms with Crippen molar-refractivity contribution in [1.29, 1.82) is 0 Å². The average molecular weight is 423 g/mol. The molecule has 29 heavy (non-hydrogen) atoms. The molecule has 0 aliphatic carbocycles. The third-order valence-electron chi connectivity index (χ3n) is 4.43. The van der Waals surface area contributed by atoms with E-state index in [0.29, 0.717) is 10.9 Å². The fourth-order valence-corrected chi connectivity index (χ4v) is 3.93. The fraction of sp³-hybridized carbons (Fsp3) is 0.136. The van der Waals surface area contributed by atoms with Crippen LogP contribution in [0, 0.1) is 6.92 Å². The van der Waals surface area contributed by atoms with E-state index in [2.05, 4.69) is 50.9 Å². The Hall–Kier alpha value is -2.83. The first-order chi connectivity index (χ1) is 14.2. The maximum atomic E-state index is 5.89. The van der Waals surface area contributed by atoms with Crippen LogP contribution in [-0.2, 0) is 5.75 Å². The van der Waals surface area contributed by atoms with Gasteiger partial charge in [0.25, 0.3) is 0 Å². The summed E-state index contributed by atoms with van der Waals surface area (Å²) in [5.41, 5.74) is 4.15. The van der Waals surface area contributed by atoms with Crippen LogP contribution in [0.15, 0.2) is 72.0 Å². The van der Waals surface area contributed by atoms with Crippen molar-refractivity contribution in [2.24, 2.45) is 0 Å². The van der Waals surface area contributed by atoms with Gasteiger partial charge < -0.3 is 4.74 Å². The summed E-state index contributed by atoms with van der Waals surface area (Å²) in [5.74, 6) is 2.20. The number of methoxy groups -OCH3 is 1. The minimum atomic E-state index is 0.486. The highest BCUT2D eigenvalue weighted by Gasteiger charge is 2.19. The summed E-state index contributed by atoms with van der Waals surface area (Å²) in [7, 11) is 1.66. The predicted octanol–water partition coefficient (Wildman–Crippen LogP) is 5.59. The maximum Gasteiger partial charge on any atom is 0.196 e. The summed E-state index contributed by atoms with van der Waals surface area (Å²) in [6.07, 6.45) is 1.78. The number of thioether (sulfide) groups is 1. The Bertz CT molecular complexity index is 1110. The second-order valence-electron chi connectivity index (χ2n) is 6.46. The molecule has 2 aromatic carbocycles. The summed E-state index contributed by atoms with van der Waals surface area (Å²) < 4.78 is 7.61. The van der Waals surface area contributed by atoms with Gasteiger partial charge in [0.05, 0.1) is 12.7 Å². The third-order valence-corrected chi connectivity index (χ3v) is 5.65. The second-order valence-corrected chi connectivity index (χ2v) is 7.79. The molecule has 2 aromatic heterocycles. The number of benzene rings is 2. The van der Waals surface area contributed by atoms with Gasteiger partial charge in [0.1, 0.15) is 10.9 Å². The lowest BCUT2D eigenvalue weighted by atomic mass is 10.1. The van der Waals surface area contributed by atoms with Crippen molar-refractivity contribution in [3.8, 4) is 22.8 Å². The maximum absolute atomic E-state index is 5.89. The van der Waals surface area contributed by atoms with E-state index in [0.717, 1.165) is 33.5 Å². The van der Waals surface area contributed by atoms with Crippen LogP contribution >= 0.6 is 23.4 Å². The monoisotopic (exact) mass is 422 g/mol. The molecule has 0 bridgehead atoms. The van der Waals surface area contributed by atoms with E-state index in [4.69, 9.17) is 16.3 Å². The van der Waals surface area contributed by atoms with Crippen molar-refractivity contribution >= 4 is 23.4 Å². The van der Waals surface area contributed by atoms with Gasteiger partial charge in [-0.2, -0.15) is 0 Å². The Labute approximate surface area is 178 Å². The molecule has 0 N–H and O–H groups in total. The Balaban J connectivity index is 1.76. The number of rotatable bonds is 6. The van der Waals surface area contributed by atoms with Gasteiger partial charge in [-0.25, -0.2) is 4.98 Å². The number of aryl methyl sites for hydroxylation is 1. The number of pyridine rings is 1. The van der Waals surface area contributed by atoms with E-state index in [1.807, 2.05) is 30.3 Å². The highest BCUT2D eigenvalue weighted by atomic mass is 35.5. The summed E-state index contributed by atoms with van der Waals surface area (Å²) in [6, 6.07) is 19.9. The van der Waals surface area contributed by atoms with Crippen molar-refractivity contribution in [2.75, 3.05) is 7.11 Å². The molecule has 0 atom stereocenters. The molecule has 0 radical (unpaired) electrons. The zero-order valence-corrected chi connectivity index (χ0v) is 17.6. The standard InChI is InChI=1S/C22H19ClN4OS/c1-15-7-10-17(11-8-15)27-21(18-5-3-4-6-19(18)28-2)25-26-22(27)29-14-16-9-12-20(23)24-13-16/h3-13H,14H2,1-2H3. The van der Waals surface area contributed by atoms with Crippen molar-refractivity contribution in [1.82, 2.24) is 19.7 Å². The SMILES string of the molecule is COc1ccccc1-c1nnc(SCc2ccc(Cl)nc2)n1-c1ccc(C)cc1. The number of nitrogens with zero attached hydrogens (tertiary/aromatic N) is 4. The molecule has 0 aliphatic rings. The lowest BCUT2D eigenvalue weighted by Crippen LogP contribution is -2.01. The third kappa shape index (κ3) is 4.28. The fourth-order valence-electron chi connectivity index (χ4n) is 2.93. The number of para-hydroxylation sites is 1. The first-order valence-electron chi connectivity index (χ1n) is 9.05. The molecule has 0 spiro atoms. The van der Waals surface area contributed by atoms with E-state index < -0.39 is 0 Å². The van der Waals surface area contributed by atoms with E-state index in [1.165, 1.54) is 5.56 Å². The zero-order valence-electron chi connectivity index (χ0n) is 16.0. The summed E-state index contributed by atoms with van der Waals surface area (Å²) >= 11 is 7.49. The summed E-state index contributed by atoms with van der Waals surface area (Å²) in [6.45, 7) is 2.07. The molecule has 5 nitrogen and oxygen atoms in total.